The van der Waals surface area contributed by atoms with Gasteiger partial charge in [-0.15, -0.1) is 0 Å². The average molecular weight is 1820 g/mol. The van der Waals surface area contributed by atoms with Crippen molar-refractivity contribution in [3.8, 4) is 0 Å². The Labute approximate surface area is 754 Å². The number of benzene rings is 3. The van der Waals surface area contributed by atoms with Crippen LogP contribution < -0.4 is 26.2 Å². The number of carboxylic acids is 5. The number of carbonyl (C=O) groups is 15. The quantitative estimate of drug-likeness (QED) is 0.00626. The van der Waals surface area contributed by atoms with Gasteiger partial charge in [-0.1, -0.05) is 112 Å². The zero-order valence-corrected chi connectivity index (χ0v) is 76.7. The fourth-order valence-corrected chi connectivity index (χ4v) is 17.1. The number of ketones is 5. The number of nitrogens with zero attached hydrogens (tertiary/aromatic N) is 4. The molecule has 3 aliphatic rings. The molecule has 0 saturated carbocycles. The molecule has 10 N–H and O–H groups in total. The van der Waals surface area contributed by atoms with Crippen LogP contribution in [0.15, 0.2) is 119 Å². The molecule has 0 aliphatic carbocycles. The maximum absolute atomic E-state index is 14.6. The number of hydrogen-bond donors (Lipinski definition) is 10. The first-order valence-corrected chi connectivity index (χ1v) is 45.7. The normalized spacial score (nSPS) is 16.7. The summed E-state index contributed by atoms with van der Waals surface area (Å²) in [5.74, 6) is -19.1. The predicted octanol–water partition coefficient (Wildman–Crippen LogP) is 10.9. The molecule has 8 atom stereocenters. The highest BCUT2D eigenvalue weighted by atomic mass is 32.2. The van der Waals surface area contributed by atoms with Crippen molar-refractivity contribution in [2.45, 2.75) is 276 Å². The zero-order valence-electron chi connectivity index (χ0n) is 75.9. The van der Waals surface area contributed by atoms with Gasteiger partial charge in [-0.3, -0.25) is 76.5 Å². The van der Waals surface area contributed by atoms with Gasteiger partial charge in [-0.2, -0.15) is 13.0 Å². The Morgan fingerprint density at radius 1 is 0.589 bits per heavy atom. The van der Waals surface area contributed by atoms with E-state index in [9.17, 15) is 110 Å². The highest BCUT2D eigenvalue weighted by Crippen LogP contribution is 2.49. The van der Waals surface area contributed by atoms with E-state index in [0.717, 1.165) is 18.0 Å². The van der Waals surface area contributed by atoms with Crippen LogP contribution in [0, 0.1) is 30.6 Å². The lowest BCUT2D eigenvalue weighted by atomic mass is 9.81. The lowest BCUT2D eigenvalue weighted by Gasteiger charge is -2.27. The second kappa shape index (κ2) is 51.0. The molecule has 0 aromatic heterocycles. The number of ether oxygens (including phenoxy) is 1. The molecule has 0 bridgehead atoms. The van der Waals surface area contributed by atoms with E-state index in [4.69, 9.17) is 9.57 Å². The first kappa shape index (κ1) is 106. The van der Waals surface area contributed by atoms with Gasteiger partial charge in [0, 0.05) is 143 Å². The summed E-state index contributed by atoms with van der Waals surface area (Å²) in [5, 5.41) is 63.6. The number of oxime groups is 1. The van der Waals surface area contributed by atoms with Crippen LogP contribution in [0.2, 0.25) is 0 Å². The van der Waals surface area contributed by atoms with Crippen molar-refractivity contribution in [3.63, 3.8) is 0 Å². The van der Waals surface area contributed by atoms with E-state index in [1.807, 2.05) is 76.0 Å². The molecule has 129 heavy (non-hydrogen) atoms. The van der Waals surface area contributed by atoms with Crippen molar-refractivity contribution in [1.82, 2.24) is 26.2 Å². The Morgan fingerprint density at radius 2 is 1.13 bits per heavy atom. The Kier molecular flexibility index (Phi) is 42.0. The molecule has 1 saturated heterocycles. The third kappa shape index (κ3) is 32.9. The van der Waals surface area contributed by atoms with Crippen LogP contribution >= 0.6 is 0 Å². The minimum atomic E-state index is -4.58. The molecule has 3 aliphatic heterocycles. The average Bonchev–Trinajstić information content (AvgIpc) is 1.59. The molecule has 3 aromatic rings. The number of aliphatic carboxylic acids is 5. The Bertz CT molecular complexity index is 4870. The van der Waals surface area contributed by atoms with Crippen molar-refractivity contribution in [3.05, 3.63) is 137 Å². The number of anilines is 1. The number of carbonyl (C=O) groups excluding carboxylic acids is 10. The molecule has 6 rings (SSSR count). The molecule has 3 heterocycles. The summed E-state index contributed by atoms with van der Waals surface area (Å²) >= 11 is 0. The number of carboxylic acid groups (broad SMARTS) is 5. The summed E-state index contributed by atoms with van der Waals surface area (Å²) in [5.41, 5.74) is 7.57. The fourth-order valence-electron chi connectivity index (χ4n) is 16.6. The van der Waals surface area contributed by atoms with Gasteiger partial charge in [-0.05, 0) is 171 Å². The number of Topliss-reactive ketones (excluding diaryl/α,β-unsaturated/α-hetero) is 5. The summed E-state index contributed by atoms with van der Waals surface area (Å²) < 4.78 is 42.9. The minimum Gasteiger partial charge on any atom is -0.481 e. The Hall–Kier alpha value is -11.5. The number of amides is 5. The van der Waals surface area contributed by atoms with Crippen molar-refractivity contribution in [1.29, 1.82) is 0 Å². The van der Waals surface area contributed by atoms with Crippen LogP contribution in [0.25, 0.3) is 0 Å². The molecule has 3 aromatic carbocycles. The number of nitrogens with one attached hydrogen (secondary N) is 4. The number of unbranched alkanes of at least 4 members (excludes halogenated alkanes) is 2. The van der Waals surface area contributed by atoms with Gasteiger partial charge in [0.25, 0.3) is 10.1 Å². The summed E-state index contributed by atoms with van der Waals surface area (Å²) in [6.07, 6.45) is 7.49. The zero-order chi connectivity index (χ0) is 95.6. The Balaban J connectivity index is 1.14. The van der Waals surface area contributed by atoms with Crippen LogP contribution in [0.4, 0.5) is 11.4 Å². The largest absolute Gasteiger partial charge is 0.481 e. The van der Waals surface area contributed by atoms with Crippen molar-refractivity contribution in [2.75, 3.05) is 44.9 Å². The van der Waals surface area contributed by atoms with E-state index in [0.29, 0.717) is 73.2 Å². The van der Waals surface area contributed by atoms with Gasteiger partial charge >= 0.3 is 29.8 Å². The van der Waals surface area contributed by atoms with Gasteiger partial charge in [-0.25, -0.2) is 0 Å². The lowest BCUT2D eigenvalue weighted by molar-refractivity contribution is -0.433. The van der Waals surface area contributed by atoms with Crippen molar-refractivity contribution >= 4 is 121 Å². The second-order valence-corrected chi connectivity index (χ2v) is 36.2. The summed E-state index contributed by atoms with van der Waals surface area (Å²) in [6.45, 7) is 20.7. The van der Waals surface area contributed by atoms with Crippen molar-refractivity contribution in [2.24, 2.45) is 28.8 Å². The van der Waals surface area contributed by atoms with Gasteiger partial charge in [0.2, 0.25) is 35.2 Å². The molecule has 1 fully saturated rings. The van der Waals surface area contributed by atoms with Gasteiger partial charge in [0.15, 0.2) is 28.8 Å². The maximum atomic E-state index is 14.6. The summed E-state index contributed by atoms with van der Waals surface area (Å²) in [7, 11) is -3.22. The predicted molar refractivity (Wildman–Crippen MR) is 480 cm³/mol. The first-order chi connectivity index (χ1) is 60.9. The molecule has 33 nitrogen and oxygen atoms in total. The third-order valence-corrected chi connectivity index (χ3v) is 24.4. The number of allylic oxidation sites excluding steroid dienone is 8. The van der Waals surface area contributed by atoms with Crippen LogP contribution in [0.5, 0.6) is 0 Å². The smallest absolute Gasteiger partial charge is 0.303 e. The van der Waals surface area contributed by atoms with E-state index >= 15 is 0 Å². The van der Waals surface area contributed by atoms with Gasteiger partial charge in [0.05, 0.1) is 40.2 Å². The highest BCUT2D eigenvalue weighted by Gasteiger charge is 2.45. The van der Waals surface area contributed by atoms with Crippen LogP contribution in [0.1, 0.15) is 244 Å². The van der Waals surface area contributed by atoms with E-state index in [2.05, 4.69) is 83.0 Å². The third-order valence-electron chi connectivity index (χ3n) is 23.6. The summed E-state index contributed by atoms with van der Waals surface area (Å²) in [4.78, 5) is 210. The second-order valence-electron chi connectivity index (χ2n) is 34.8. The van der Waals surface area contributed by atoms with E-state index in [-0.39, 0.29) is 73.7 Å². The molecule has 34 heteroatoms. The maximum Gasteiger partial charge on any atom is 0.303 e. The number of likely N-dealkylation sites (tertiary alicyclic amines) is 1. The molecular formula is C95H129N8O25S+. The highest BCUT2D eigenvalue weighted by molar-refractivity contribution is 7.85. The number of hydrogen-bond acceptors (Lipinski definition) is 21. The SMILES string of the molecule is CCCC(=O)[C@H](CC(C)C)NC(=O)[C@@H]1CCCN1C(=O)COCCCC(=O)[C@H](Cc1ccc(/C(C)=N/OC)cc1)NC(=O)[C@@H](CCC(=O)O)CC(=O)[C@@H](CCC(=O)O)NC(=O)[C@@H](CCC(=O)O)CC(=O)[C@@H](CCC(=O)O)NC(=O)[C@@H](CCC(=O)O)CC(=O)CCCCCN1/C(=C/C=C/C=C/C=C/C2=[N+](CC)c3ccc(C)cc3C2(C)C)C(C)(C)c2cc(S(=O)(=O)O)ccc21. The molecule has 0 spiro atoms. The Morgan fingerprint density at radius 3 is 1.67 bits per heavy atom. The van der Waals surface area contributed by atoms with Crippen molar-refractivity contribution < 1.29 is 125 Å². The first-order valence-electron chi connectivity index (χ1n) is 44.3. The minimum absolute atomic E-state index is 0.00792. The van der Waals surface area contributed by atoms with E-state index < -0.39 is 236 Å². The summed E-state index contributed by atoms with van der Waals surface area (Å²) in [6, 6.07) is 11.0. The molecular weight excluding hydrogens is 1690 g/mol. The number of aryl methyl sites for hydroxylation is 1. The monoisotopic (exact) mass is 1810 g/mol. The van der Waals surface area contributed by atoms with E-state index in [1.165, 1.54) is 41.0 Å². The standard InChI is InChI=1S/C95H128N8O25S/c1-12-24-78(105)73(51-59(3)4)99-93(123)77-26-22-49-103(77)84(109)58-128-50-23-27-79(106)74(53-62-31-33-63(34-32-62)61(6)100-127-11)98-92(122)66(37-45-87(114)115)56-81(108)72(40-47-89(118)119)97-91(121)65(36-44-86(112)113)55-80(107)71(39-46-88(116)117)96-90(120)64(35-43-85(110)111)54-67(104)25-18-17-21-48-102-76-42-38-68(129(124,125)126)57-70(76)95(9,10)83(102)29-20-16-14-15-19-28-82-94(7,8)69-52-60(5)30-41-75(69)101(82)13-2/h14-16,19-20,28-34,38,41-42,52,57,59,64-66,71-74,77H,12-13,17-18,21-27,35-37,39-40,43-51,53-56,58H2,1-11H3,(H9-,96,97,98,99,110,111,112,113,114,115,116,117,118,119,120,121,122,123,124,125,126)/p+1/b100-61+/t64-,65-,66-,71+,72+,73-,74-,77-/m0/s1. The van der Waals surface area contributed by atoms with Gasteiger partial charge < -0.3 is 66.2 Å². The van der Waals surface area contributed by atoms with Crippen LogP contribution in [0.3, 0.4) is 0 Å². The molecule has 0 unspecified atom stereocenters. The number of fused-ring (bicyclic) bond motifs is 2. The molecule has 0 radical (unpaired) electrons. The molecule has 704 valence electrons. The number of rotatable bonds is 59. The molecule has 5 amide bonds. The lowest BCUT2D eigenvalue weighted by Crippen LogP contribution is -2.51. The fraction of sp³-hybridized carbons (Fsp3) is 0.547. The van der Waals surface area contributed by atoms with E-state index in [1.54, 1.807) is 37.3 Å². The topological polar surface area (TPSA) is 500 Å². The van der Waals surface area contributed by atoms with Crippen LogP contribution in [-0.2, 0) is 109 Å². The van der Waals surface area contributed by atoms with Gasteiger partial charge in [0.1, 0.15) is 32.1 Å². The van der Waals surface area contributed by atoms with Crippen LogP contribution in [-0.4, -0.2) is 218 Å².